The smallest absolute Gasteiger partial charge is 0.312 e. The summed E-state index contributed by atoms with van der Waals surface area (Å²) >= 11 is 0. The molecule has 0 aromatic heterocycles. The van der Waals surface area contributed by atoms with Gasteiger partial charge in [-0.1, -0.05) is 17.7 Å². The highest BCUT2D eigenvalue weighted by Gasteiger charge is 2.20. The van der Waals surface area contributed by atoms with Crippen molar-refractivity contribution in [1.82, 2.24) is 5.32 Å². The van der Waals surface area contributed by atoms with Crippen LogP contribution >= 0.6 is 0 Å². The van der Waals surface area contributed by atoms with Gasteiger partial charge in [-0.2, -0.15) is 4.79 Å². The van der Waals surface area contributed by atoms with Gasteiger partial charge in [-0.25, -0.2) is 0 Å². The normalized spacial score (nSPS) is 21.2. The molecule has 4 nitrogen and oxygen atoms in total. The molecule has 1 aliphatic rings. The zero-order valence-electron chi connectivity index (χ0n) is 7.57. The fraction of sp³-hybridized carbons (Fsp3) is 0.444. The van der Waals surface area contributed by atoms with Crippen molar-refractivity contribution in [2.45, 2.75) is 13.0 Å². The van der Waals surface area contributed by atoms with E-state index in [-0.39, 0.29) is 12.6 Å². The van der Waals surface area contributed by atoms with E-state index in [9.17, 15) is 0 Å². The number of hydrogen-bond donors (Lipinski definition) is 2. The van der Waals surface area contributed by atoms with E-state index in [1.54, 1.807) is 6.08 Å². The number of hydrogen-bond acceptors (Lipinski definition) is 2. The van der Waals surface area contributed by atoms with Gasteiger partial charge < -0.3 is 10.6 Å². The second-order valence-electron chi connectivity index (χ2n) is 2.92. The van der Waals surface area contributed by atoms with Gasteiger partial charge >= 0.3 is 5.71 Å². The molecule has 1 rings (SSSR count). The molecule has 2 N–H and O–H groups in total. The highest BCUT2D eigenvalue weighted by molar-refractivity contribution is 5.97. The van der Waals surface area contributed by atoms with Gasteiger partial charge in [-0.15, -0.1) is 0 Å². The van der Waals surface area contributed by atoms with Crippen LogP contribution in [-0.4, -0.2) is 34.8 Å². The topological polar surface area (TPSA) is 68.7 Å². The molecule has 0 bridgehead atoms. The average Bonchev–Trinajstić information content (AvgIpc) is 2.15. The molecule has 70 valence electrons. The molecule has 13 heavy (non-hydrogen) atoms. The predicted molar refractivity (Wildman–Crippen MR) is 50.4 cm³/mol. The number of allylic oxidation sites excluding steroid dienone is 2. The third kappa shape index (κ3) is 2.63. The predicted octanol–water partition coefficient (Wildman–Crippen LogP) is 0.124. The molecular formula is C9H13N3O. The van der Waals surface area contributed by atoms with Gasteiger partial charge in [0.1, 0.15) is 6.04 Å². The third-order valence-corrected chi connectivity index (χ3v) is 1.86. The molecule has 0 heterocycles. The summed E-state index contributed by atoms with van der Waals surface area (Å²) in [7, 11) is 0. The van der Waals surface area contributed by atoms with E-state index >= 15 is 0 Å². The fourth-order valence-electron chi connectivity index (χ4n) is 1.20. The largest absolute Gasteiger partial charge is 0.395 e. The number of nitrogens with one attached hydrogen (secondary N) is 1. The molecule has 0 radical (unpaired) electrons. The van der Waals surface area contributed by atoms with Crippen molar-refractivity contribution in [3.8, 4) is 0 Å². The number of nitrogens with zero attached hydrogens (tertiary/aromatic N) is 2. The lowest BCUT2D eigenvalue weighted by atomic mass is 10.0. The maximum atomic E-state index is 8.65. The minimum absolute atomic E-state index is 0.0752. The van der Waals surface area contributed by atoms with Gasteiger partial charge in [0.15, 0.2) is 0 Å². The van der Waals surface area contributed by atoms with Gasteiger partial charge in [-0.05, 0) is 6.92 Å². The summed E-state index contributed by atoms with van der Waals surface area (Å²) in [5, 5.41) is 11.7. The Hall–Kier alpha value is -1.22. The first-order chi connectivity index (χ1) is 6.27. The number of aliphatic hydroxyl groups excluding tert-OH is 1. The van der Waals surface area contributed by atoms with Crippen molar-refractivity contribution in [2.24, 2.45) is 0 Å². The average molecular weight is 179 g/mol. The number of rotatable bonds is 3. The van der Waals surface area contributed by atoms with Crippen molar-refractivity contribution < 1.29 is 9.90 Å². The lowest BCUT2D eigenvalue weighted by Gasteiger charge is -2.11. The standard InChI is InChI=1S/C9H13N3O/c1-7-2-3-8(12-10)9(6-7)11-4-5-13/h2-3,6,9,11,13H,4-5H2,1H3. The molecule has 1 aliphatic carbocycles. The molecular weight excluding hydrogens is 166 g/mol. The zero-order chi connectivity index (χ0) is 9.68. The van der Waals surface area contributed by atoms with Crippen molar-refractivity contribution in [3.63, 3.8) is 0 Å². The van der Waals surface area contributed by atoms with Gasteiger partial charge in [0.05, 0.1) is 6.61 Å². The number of aliphatic hydroxyl groups is 1. The molecule has 0 spiro atoms. The van der Waals surface area contributed by atoms with Crippen LogP contribution in [0.4, 0.5) is 0 Å². The van der Waals surface area contributed by atoms with Gasteiger partial charge in [0.2, 0.25) is 0 Å². The van der Waals surface area contributed by atoms with E-state index in [2.05, 4.69) is 10.1 Å². The molecule has 1 unspecified atom stereocenters. The zero-order valence-corrected chi connectivity index (χ0v) is 7.57. The Morgan fingerprint density at radius 1 is 1.62 bits per heavy atom. The Balaban J connectivity index is 2.69. The molecule has 0 saturated carbocycles. The molecule has 0 saturated heterocycles. The summed E-state index contributed by atoms with van der Waals surface area (Å²) in [5.41, 5.74) is 10.3. The van der Waals surface area contributed by atoms with E-state index in [1.165, 1.54) is 0 Å². The van der Waals surface area contributed by atoms with Crippen LogP contribution in [-0.2, 0) is 0 Å². The first kappa shape index (κ1) is 9.86. The van der Waals surface area contributed by atoms with Crippen LogP contribution < -0.4 is 5.32 Å². The van der Waals surface area contributed by atoms with Crippen molar-refractivity contribution in [3.05, 3.63) is 29.3 Å². The van der Waals surface area contributed by atoms with Crippen LogP contribution in [0.1, 0.15) is 6.92 Å². The summed E-state index contributed by atoms with van der Waals surface area (Å²) in [4.78, 5) is 3.16. The van der Waals surface area contributed by atoms with E-state index in [0.29, 0.717) is 12.3 Å². The first-order valence-corrected chi connectivity index (χ1v) is 4.20. The van der Waals surface area contributed by atoms with E-state index < -0.39 is 0 Å². The molecule has 1 atom stereocenters. The Morgan fingerprint density at radius 3 is 3.00 bits per heavy atom. The van der Waals surface area contributed by atoms with Crippen LogP contribution in [0.3, 0.4) is 0 Å². The van der Waals surface area contributed by atoms with Crippen molar-refractivity contribution in [1.29, 1.82) is 0 Å². The molecule has 0 amide bonds. The molecule has 4 heteroatoms. The molecule has 0 aromatic rings. The van der Waals surface area contributed by atoms with E-state index in [4.69, 9.17) is 10.6 Å². The van der Waals surface area contributed by atoms with Crippen LogP contribution in [0.25, 0.3) is 5.53 Å². The maximum absolute atomic E-state index is 8.65. The first-order valence-electron chi connectivity index (χ1n) is 4.20. The minimum Gasteiger partial charge on any atom is -0.395 e. The summed E-state index contributed by atoms with van der Waals surface area (Å²) in [6.07, 6.45) is 5.58. The molecule has 0 aliphatic heterocycles. The lowest BCUT2D eigenvalue weighted by Crippen LogP contribution is -2.37. The second-order valence-corrected chi connectivity index (χ2v) is 2.92. The van der Waals surface area contributed by atoms with E-state index in [1.807, 2.05) is 19.1 Å². The van der Waals surface area contributed by atoms with Gasteiger partial charge in [-0.3, -0.25) is 5.32 Å². The SMILES string of the molecule is CC1=CC(NCCO)C(=[N+]=[N-])C=C1. The summed E-state index contributed by atoms with van der Waals surface area (Å²) in [5.74, 6) is 0. The second kappa shape index (κ2) is 4.72. The molecule has 0 aromatic carbocycles. The highest BCUT2D eigenvalue weighted by Crippen LogP contribution is 2.06. The Morgan fingerprint density at radius 2 is 2.38 bits per heavy atom. The van der Waals surface area contributed by atoms with Gasteiger partial charge in [0, 0.05) is 12.6 Å². The Bertz CT molecular complexity index is 287. The lowest BCUT2D eigenvalue weighted by molar-refractivity contribution is -0.00769. The monoisotopic (exact) mass is 179 g/mol. The molecule has 0 fully saturated rings. The Kier molecular flexibility index (Phi) is 3.58. The summed E-state index contributed by atoms with van der Waals surface area (Å²) < 4.78 is 0. The van der Waals surface area contributed by atoms with Crippen molar-refractivity contribution >= 4 is 5.71 Å². The van der Waals surface area contributed by atoms with E-state index in [0.717, 1.165) is 5.57 Å². The van der Waals surface area contributed by atoms with Crippen LogP contribution in [0.5, 0.6) is 0 Å². The minimum atomic E-state index is -0.0952. The summed E-state index contributed by atoms with van der Waals surface area (Å²) in [6, 6.07) is -0.0952. The highest BCUT2D eigenvalue weighted by atomic mass is 16.3. The van der Waals surface area contributed by atoms with Crippen LogP contribution in [0.2, 0.25) is 0 Å². The fourth-order valence-corrected chi connectivity index (χ4v) is 1.20. The quantitative estimate of drug-likeness (QED) is 0.477. The summed E-state index contributed by atoms with van der Waals surface area (Å²) in [6.45, 7) is 2.53. The maximum Gasteiger partial charge on any atom is 0.312 e. The van der Waals surface area contributed by atoms with Crippen LogP contribution in [0.15, 0.2) is 23.8 Å². The Labute approximate surface area is 77.2 Å². The van der Waals surface area contributed by atoms with Gasteiger partial charge in [0.25, 0.3) is 0 Å². The van der Waals surface area contributed by atoms with Crippen LogP contribution in [0, 0.1) is 0 Å². The third-order valence-electron chi connectivity index (χ3n) is 1.86. The van der Waals surface area contributed by atoms with Crippen molar-refractivity contribution in [2.75, 3.05) is 13.2 Å².